The molecule has 0 bridgehead atoms. The number of carboxylic acid groups (broad SMARTS) is 1. The van der Waals surface area contributed by atoms with Crippen LogP contribution in [0.15, 0.2) is 30.3 Å². The van der Waals surface area contributed by atoms with Crippen molar-refractivity contribution < 1.29 is 19.4 Å². The summed E-state index contributed by atoms with van der Waals surface area (Å²) in [5, 5.41) is 10.5. The second-order valence-corrected chi connectivity index (χ2v) is 4.74. The Morgan fingerprint density at radius 1 is 1.33 bits per heavy atom. The van der Waals surface area contributed by atoms with Crippen LogP contribution >= 0.6 is 0 Å². The first kappa shape index (κ1) is 17.0. The SMILES string of the molecule is CCCC[C@@H](C(=O)O)N(C)NC(=O)COc1ccccc1. The number of amides is 1. The summed E-state index contributed by atoms with van der Waals surface area (Å²) in [6, 6.07) is 8.24. The van der Waals surface area contributed by atoms with E-state index in [9.17, 15) is 9.59 Å². The highest BCUT2D eigenvalue weighted by atomic mass is 16.5. The number of aliphatic carboxylic acids is 1. The Kier molecular flexibility index (Phi) is 7.25. The van der Waals surface area contributed by atoms with Crippen molar-refractivity contribution in [3.63, 3.8) is 0 Å². The second kappa shape index (κ2) is 8.97. The van der Waals surface area contributed by atoms with Crippen molar-refractivity contribution in [2.24, 2.45) is 0 Å². The molecule has 0 aliphatic heterocycles. The standard InChI is InChI=1S/C15H22N2O4/c1-3-4-10-13(15(19)20)17(2)16-14(18)11-21-12-8-6-5-7-9-12/h5-9,13H,3-4,10-11H2,1-2H3,(H,16,18)(H,19,20)/t13-/m0/s1. The van der Waals surface area contributed by atoms with Gasteiger partial charge in [-0.3, -0.25) is 15.0 Å². The maximum Gasteiger partial charge on any atom is 0.322 e. The fraction of sp³-hybridized carbons (Fsp3) is 0.467. The maximum absolute atomic E-state index is 11.8. The summed E-state index contributed by atoms with van der Waals surface area (Å²) in [7, 11) is 1.55. The van der Waals surface area contributed by atoms with Crippen LogP contribution in [0.1, 0.15) is 26.2 Å². The molecule has 0 saturated heterocycles. The first-order valence-electron chi connectivity index (χ1n) is 6.97. The van der Waals surface area contributed by atoms with E-state index in [2.05, 4.69) is 5.43 Å². The third kappa shape index (κ3) is 6.27. The zero-order valence-electron chi connectivity index (χ0n) is 12.4. The smallest absolute Gasteiger partial charge is 0.322 e. The molecule has 1 aromatic carbocycles. The number of hydrogen-bond acceptors (Lipinski definition) is 4. The molecule has 1 amide bonds. The van der Waals surface area contributed by atoms with Crippen molar-refractivity contribution in [3.8, 4) is 5.75 Å². The summed E-state index contributed by atoms with van der Waals surface area (Å²) < 4.78 is 5.30. The van der Waals surface area contributed by atoms with Gasteiger partial charge in [-0.25, -0.2) is 5.01 Å². The monoisotopic (exact) mass is 294 g/mol. The molecular formula is C15H22N2O4. The van der Waals surface area contributed by atoms with E-state index in [4.69, 9.17) is 9.84 Å². The maximum atomic E-state index is 11.8. The molecule has 0 fully saturated rings. The van der Waals surface area contributed by atoms with E-state index >= 15 is 0 Å². The average Bonchev–Trinajstić information content (AvgIpc) is 2.46. The Balaban J connectivity index is 2.42. The molecule has 0 saturated carbocycles. The number of likely N-dealkylation sites (N-methyl/N-ethyl adjacent to an activating group) is 1. The Morgan fingerprint density at radius 2 is 2.00 bits per heavy atom. The van der Waals surface area contributed by atoms with Crippen molar-refractivity contribution in [2.45, 2.75) is 32.2 Å². The molecule has 6 heteroatoms. The molecule has 1 aromatic rings. The minimum atomic E-state index is -0.949. The Bertz CT molecular complexity index is 450. The number of para-hydroxylation sites is 1. The van der Waals surface area contributed by atoms with Crippen LogP contribution in [0.25, 0.3) is 0 Å². The lowest BCUT2D eigenvalue weighted by atomic mass is 10.1. The van der Waals surface area contributed by atoms with Crippen LogP contribution < -0.4 is 10.2 Å². The molecule has 0 aliphatic carbocycles. The third-order valence-electron chi connectivity index (χ3n) is 3.00. The first-order valence-corrected chi connectivity index (χ1v) is 6.97. The van der Waals surface area contributed by atoms with Crippen LogP contribution in [0, 0.1) is 0 Å². The van der Waals surface area contributed by atoms with E-state index in [-0.39, 0.29) is 12.5 Å². The molecule has 2 N–H and O–H groups in total. The number of nitrogens with one attached hydrogen (secondary N) is 1. The largest absolute Gasteiger partial charge is 0.484 e. The van der Waals surface area contributed by atoms with Crippen LogP contribution in [-0.2, 0) is 9.59 Å². The van der Waals surface area contributed by atoms with Gasteiger partial charge in [0.15, 0.2) is 6.61 Å². The number of hydrazine groups is 1. The van der Waals surface area contributed by atoms with Gasteiger partial charge in [0.25, 0.3) is 5.91 Å². The Labute approximate surface area is 124 Å². The van der Waals surface area contributed by atoms with Gasteiger partial charge in [0, 0.05) is 7.05 Å². The second-order valence-electron chi connectivity index (χ2n) is 4.74. The zero-order valence-corrected chi connectivity index (χ0v) is 12.4. The number of unbranched alkanes of at least 4 members (excludes halogenated alkanes) is 1. The highest BCUT2D eigenvalue weighted by Crippen LogP contribution is 2.08. The number of benzene rings is 1. The summed E-state index contributed by atoms with van der Waals surface area (Å²) in [5.41, 5.74) is 2.53. The summed E-state index contributed by atoms with van der Waals surface area (Å²) in [4.78, 5) is 22.9. The van der Waals surface area contributed by atoms with Crippen LogP contribution in [-0.4, -0.2) is 41.7 Å². The van der Waals surface area contributed by atoms with E-state index < -0.39 is 12.0 Å². The lowest BCUT2D eigenvalue weighted by Gasteiger charge is -2.25. The predicted octanol–water partition coefficient (Wildman–Crippen LogP) is 1.67. The number of carboxylic acids is 1. The summed E-state index contributed by atoms with van der Waals surface area (Å²) in [6.45, 7) is 1.83. The number of carbonyl (C=O) groups is 2. The van der Waals surface area contributed by atoms with Gasteiger partial charge in [-0.15, -0.1) is 0 Å². The van der Waals surface area contributed by atoms with Crippen molar-refractivity contribution in [1.82, 2.24) is 10.4 Å². The summed E-state index contributed by atoms with van der Waals surface area (Å²) >= 11 is 0. The molecule has 0 unspecified atom stereocenters. The predicted molar refractivity (Wildman–Crippen MR) is 78.8 cm³/mol. The van der Waals surface area contributed by atoms with Gasteiger partial charge in [0.2, 0.25) is 0 Å². The molecule has 0 radical (unpaired) electrons. The molecule has 0 spiro atoms. The Morgan fingerprint density at radius 3 is 2.57 bits per heavy atom. The molecular weight excluding hydrogens is 272 g/mol. The highest BCUT2D eigenvalue weighted by Gasteiger charge is 2.23. The lowest BCUT2D eigenvalue weighted by molar-refractivity contribution is -0.146. The van der Waals surface area contributed by atoms with Gasteiger partial charge >= 0.3 is 5.97 Å². The van der Waals surface area contributed by atoms with E-state index in [0.29, 0.717) is 12.2 Å². The molecule has 6 nitrogen and oxygen atoms in total. The van der Waals surface area contributed by atoms with Gasteiger partial charge in [-0.1, -0.05) is 38.0 Å². The van der Waals surface area contributed by atoms with Gasteiger partial charge in [-0.2, -0.15) is 0 Å². The first-order chi connectivity index (χ1) is 10.0. The number of carbonyl (C=O) groups excluding carboxylic acids is 1. The molecule has 0 heterocycles. The molecule has 21 heavy (non-hydrogen) atoms. The van der Waals surface area contributed by atoms with Gasteiger partial charge in [0.05, 0.1) is 0 Å². The van der Waals surface area contributed by atoms with Gasteiger partial charge < -0.3 is 9.84 Å². The van der Waals surface area contributed by atoms with Crippen molar-refractivity contribution in [2.75, 3.05) is 13.7 Å². The van der Waals surface area contributed by atoms with Crippen molar-refractivity contribution in [1.29, 1.82) is 0 Å². The molecule has 0 aliphatic rings. The van der Waals surface area contributed by atoms with Crippen molar-refractivity contribution in [3.05, 3.63) is 30.3 Å². The normalized spacial score (nSPS) is 12.0. The van der Waals surface area contributed by atoms with Crippen LogP contribution in [0.2, 0.25) is 0 Å². The molecule has 116 valence electrons. The molecule has 1 atom stereocenters. The van der Waals surface area contributed by atoms with Crippen LogP contribution in [0.4, 0.5) is 0 Å². The van der Waals surface area contributed by atoms with E-state index in [1.54, 1.807) is 19.2 Å². The minimum Gasteiger partial charge on any atom is -0.484 e. The fourth-order valence-corrected chi connectivity index (χ4v) is 1.85. The molecule has 0 aromatic heterocycles. The Hall–Kier alpha value is -2.08. The average molecular weight is 294 g/mol. The number of nitrogens with zero attached hydrogens (tertiary/aromatic N) is 1. The quantitative estimate of drug-likeness (QED) is 0.677. The van der Waals surface area contributed by atoms with E-state index in [1.165, 1.54) is 5.01 Å². The lowest BCUT2D eigenvalue weighted by Crippen LogP contribution is -2.50. The highest BCUT2D eigenvalue weighted by molar-refractivity contribution is 5.78. The van der Waals surface area contributed by atoms with Gasteiger partial charge in [0.1, 0.15) is 11.8 Å². The zero-order chi connectivity index (χ0) is 15.7. The van der Waals surface area contributed by atoms with Crippen LogP contribution in [0.5, 0.6) is 5.75 Å². The number of ether oxygens (including phenoxy) is 1. The number of hydrogen-bond donors (Lipinski definition) is 2. The van der Waals surface area contributed by atoms with Crippen LogP contribution in [0.3, 0.4) is 0 Å². The summed E-state index contributed by atoms with van der Waals surface area (Å²) in [6.07, 6.45) is 2.18. The van der Waals surface area contributed by atoms with E-state index in [1.807, 2.05) is 25.1 Å². The number of rotatable bonds is 9. The third-order valence-corrected chi connectivity index (χ3v) is 3.00. The molecule has 1 rings (SSSR count). The minimum absolute atomic E-state index is 0.158. The van der Waals surface area contributed by atoms with Gasteiger partial charge in [-0.05, 0) is 18.6 Å². The van der Waals surface area contributed by atoms with E-state index in [0.717, 1.165) is 12.8 Å². The van der Waals surface area contributed by atoms with Crippen molar-refractivity contribution >= 4 is 11.9 Å². The topological polar surface area (TPSA) is 78.9 Å². The summed E-state index contributed by atoms with van der Waals surface area (Å²) in [5.74, 6) is -0.740. The fourth-order valence-electron chi connectivity index (χ4n) is 1.85.